The SMILES string of the molecule is Cc1s/c(=N\C(=O)C23CC4CC(CC(C4)C2)C3)n(Cc2ccc(C(C)(C)C)cc2)c1C. The number of amides is 1. The number of nitrogens with zero attached hydrogens (tertiary/aromatic N) is 2. The molecule has 166 valence electrons. The number of hydrogen-bond acceptors (Lipinski definition) is 2. The minimum atomic E-state index is -0.160. The Morgan fingerprint density at radius 3 is 2.10 bits per heavy atom. The highest BCUT2D eigenvalue weighted by atomic mass is 32.1. The van der Waals surface area contributed by atoms with Gasteiger partial charge in [0, 0.05) is 10.6 Å². The Morgan fingerprint density at radius 2 is 1.58 bits per heavy atom. The second-order valence-corrected chi connectivity index (χ2v) is 12.9. The number of rotatable bonds is 3. The van der Waals surface area contributed by atoms with Crippen LogP contribution in [0.25, 0.3) is 0 Å². The van der Waals surface area contributed by atoms with Crippen LogP contribution in [0.1, 0.15) is 81.0 Å². The van der Waals surface area contributed by atoms with Crippen LogP contribution >= 0.6 is 11.3 Å². The van der Waals surface area contributed by atoms with Gasteiger partial charge in [-0.05, 0) is 86.7 Å². The van der Waals surface area contributed by atoms with Crippen molar-refractivity contribution in [1.82, 2.24) is 4.57 Å². The number of thiazole rings is 1. The van der Waals surface area contributed by atoms with Crippen molar-refractivity contribution in [3.8, 4) is 0 Å². The fourth-order valence-electron chi connectivity index (χ4n) is 6.74. The normalized spacial score (nSPS) is 30.2. The van der Waals surface area contributed by atoms with E-state index in [1.54, 1.807) is 11.3 Å². The van der Waals surface area contributed by atoms with E-state index in [-0.39, 0.29) is 16.7 Å². The van der Waals surface area contributed by atoms with Gasteiger partial charge in [-0.2, -0.15) is 4.99 Å². The third kappa shape index (κ3) is 3.86. The maximum Gasteiger partial charge on any atom is 0.254 e. The van der Waals surface area contributed by atoms with Crippen molar-refractivity contribution in [1.29, 1.82) is 0 Å². The molecule has 0 aliphatic heterocycles. The van der Waals surface area contributed by atoms with E-state index in [2.05, 4.69) is 63.5 Å². The monoisotopic (exact) mass is 436 g/mol. The Hall–Kier alpha value is -1.68. The van der Waals surface area contributed by atoms with Gasteiger partial charge >= 0.3 is 0 Å². The topological polar surface area (TPSA) is 34.4 Å². The van der Waals surface area contributed by atoms with Gasteiger partial charge in [-0.25, -0.2) is 0 Å². The summed E-state index contributed by atoms with van der Waals surface area (Å²) in [6.07, 6.45) is 7.31. The first-order valence-electron chi connectivity index (χ1n) is 12.0. The zero-order chi connectivity index (χ0) is 22.0. The highest BCUT2D eigenvalue weighted by Gasteiger charge is 2.54. The summed E-state index contributed by atoms with van der Waals surface area (Å²) in [5.74, 6) is 2.48. The summed E-state index contributed by atoms with van der Waals surface area (Å²) < 4.78 is 2.25. The first-order chi connectivity index (χ1) is 14.6. The maximum atomic E-state index is 13.6. The van der Waals surface area contributed by atoms with Gasteiger partial charge < -0.3 is 4.57 Å². The van der Waals surface area contributed by atoms with Gasteiger partial charge in [-0.1, -0.05) is 45.0 Å². The summed E-state index contributed by atoms with van der Waals surface area (Å²) in [6.45, 7) is 11.8. The van der Waals surface area contributed by atoms with E-state index < -0.39 is 0 Å². The van der Waals surface area contributed by atoms with Crippen molar-refractivity contribution in [2.75, 3.05) is 0 Å². The highest BCUT2D eigenvalue weighted by molar-refractivity contribution is 7.09. The lowest BCUT2D eigenvalue weighted by molar-refractivity contribution is -0.142. The number of benzene rings is 1. The van der Waals surface area contributed by atoms with Crippen LogP contribution in [0.5, 0.6) is 0 Å². The van der Waals surface area contributed by atoms with Crippen molar-refractivity contribution in [3.05, 3.63) is 50.8 Å². The van der Waals surface area contributed by atoms with Crippen LogP contribution in [0.3, 0.4) is 0 Å². The van der Waals surface area contributed by atoms with E-state index in [0.717, 1.165) is 48.4 Å². The third-order valence-electron chi connectivity index (χ3n) is 8.24. The molecule has 1 aromatic heterocycles. The van der Waals surface area contributed by atoms with Gasteiger partial charge in [0.2, 0.25) is 0 Å². The molecule has 31 heavy (non-hydrogen) atoms. The Balaban J connectivity index is 1.45. The minimum Gasteiger partial charge on any atom is -0.316 e. The molecule has 2 aromatic rings. The lowest BCUT2D eigenvalue weighted by Crippen LogP contribution is -2.50. The molecule has 3 nitrogen and oxygen atoms in total. The zero-order valence-electron chi connectivity index (χ0n) is 19.7. The van der Waals surface area contributed by atoms with Crippen LogP contribution in [-0.2, 0) is 16.8 Å². The maximum absolute atomic E-state index is 13.6. The van der Waals surface area contributed by atoms with Crippen LogP contribution in [0, 0.1) is 37.0 Å². The summed E-state index contributed by atoms with van der Waals surface area (Å²) in [7, 11) is 0. The first-order valence-corrected chi connectivity index (χ1v) is 12.8. The van der Waals surface area contributed by atoms with E-state index in [0.29, 0.717) is 0 Å². The molecule has 1 heterocycles. The molecule has 0 N–H and O–H groups in total. The van der Waals surface area contributed by atoms with Gasteiger partial charge in [0.15, 0.2) is 4.80 Å². The molecule has 4 heteroatoms. The van der Waals surface area contributed by atoms with Crippen LogP contribution in [-0.4, -0.2) is 10.5 Å². The quantitative estimate of drug-likeness (QED) is 0.568. The molecule has 4 bridgehead atoms. The van der Waals surface area contributed by atoms with Crippen LogP contribution < -0.4 is 4.80 Å². The molecule has 4 saturated carbocycles. The van der Waals surface area contributed by atoms with Crippen molar-refractivity contribution < 1.29 is 4.79 Å². The van der Waals surface area contributed by atoms with E-state index in [9.17, 15) is 4.79 Å². The summed E-state index contributed by atoms with van der Waals surface area (Å²) in [5.41, 5.74) is 3.83. The van der Waals surface area contributed by atoms with E-state index in [1.165, 1.54) is 41.0 Å². The number of carbonyl (C=O) groups is 1. The number of carbonyl (C=O) groups excluding carboxylic acids is 1. The molecular formula is C27H36N2OS. The van der Waals surface area contributed by atoms with Gasteiger partial charge in [0.25, 0.3) is 5.91 Å². The van der Waals surface area contributed by atoms with Crippen molar-refractivity contribution in [2.45, 2.75) is 85.1 Å². The molecule has 4 fully saturated rings. The molecule has 0 unspecified atom stereocenters. The molecule has 0 atom stereocenters. The van der Waals surface area contributed by atoms with Crippen molar-refractivity contribution in [2.24, 2.45) is 28.2 Å². The van der Waals surface area contributed by atoms with E-state index in [4.69, 9.17) is 4.99 Å². The second kappa shape index (κ2) is 7.43. The Labute approximate surface area is 190 Å². The van der Waals surface area contributed by atoms with Crippen LogP contribution in [0.2, 0.25) is 0 Å². The smallest absolute Gasteiger partial charge is 0.254 e. The van der Waals surface area contributed by atoms with Gasteiger partial charge in [-0.3, -0.25) is 4.79 Å². The average Bonchev–Trinajstić information content (AvgIpc) is 2.94. The minimum absolute atomic E-state index is 0.158. The molecule has 6 rings (SSSR count). The van der Waals surface area contributed by atoms with Gasteiger partial charge in [0.1, 0.15) is 0 Å². The Bertz CT molecular complexity index is 1030. The first kappa shape index (κ1) is 21.2. The fourth-order valence-corrected chi connectivity index (χ4v) is 7.71. The molecule has 1 aromatic carbocycles. The molecule has 0 spiro atoms. The summed E-state index contributed by atoms with van der Waals surface area (Å²) in [4.78, 5) is 20.5. The standard InChI is InChI=1S/C27H36N2OS/c1-17-18(2)31-25(29(17)16-19-6-8-23(9-7-19)26(3,4)5)28-24(30)27-13-20-10-21(14-27)12-22(11-20)15-27/h6-9,20-22H,10-16H2,1-5H3/b28-25-. The number of hydrogen-bond donors (Lipinski definition) is 0. The molecule has 4 aliphatic rings. The molecule has 0 saturated heterocycles. The van der Waals surface area contributed by atoms with Crippen LogP contribution in [0.4, 0.5) is 0 Å². The molecule has 0 radical (unpaired) electrons. The lowest BCUT2D eigenvalue weighted by atomic mass is 9.49. The number of aryl methyl sites for hydroxylation is 1. The van der Waals surface area contributed by atoms with E-state index in [1.807, 2.05) is 0 Å². The second-order valence-electron chi connectivity index (χ2n) is 11.7. The van der Waals surface area contributed by atoms with Gasteiger partial charge in [-0.15, -0.1) is 11.3 Å². The predicted molar refractivity (Wildman–Crippen MR) is 127 cm³/mol. The summed E-state index contributed by atoms with van der Waals surface area (Å²) in [5, 5.41) is 0. The van der Waals surface area contributed by atoms with Crippen molar-refractivity contribution >= 4 is 17.2 Å². The highest BCUT2D eigenvalue weighted by Crippen LogP contribution is 2.60. The van der Waals surface area contributed by atoms with E-state index >= 15 is 0 Å². The van der Waals surface area contributed by atoms with Crippen LogP contribution in [0.15, 0.2) is 29.3 Å². The lowest BCUT2D eigenvalue weighted by Gasteiger charge is -2.55. The third-order valence-corrected chi connectivity index (χ3v) is 9.34. The Morgan fingerprint density at radius 1 is 1.03 bits per heavy atom. The molecule has 1 amide bonds. The molecular weight excluding hydrogens is 400 g/mol. The number of aromatic nitrogens is 1. The van der Waals surface area contributed by atoms with Gasteiger partial charge in [0.05, 0.1) is 12.0 Å². The van der Waals surface area contributed by atoms with Crippen molar-refractivity contribution in [3.63, 3.8) is 0 Å². The predicted octanol–water partition coefficient (Wildman–Crippen LogP) is 6.16. The summed E-state index contributed by atoms with van der Waals surface area (Å²) >= 11 is 1.68. The molecule has 4 aliphatic carbocycles. The largest absolute Gasteiger partial charge is 0.316 e. The Kier molecular flexibility index (Phi) is 5.08. The summed E-state index contributed by atoms with van der Waals surface area (Å²) in [6, 6.07) is 8.93. The average molecular weight is 437 g/mol. The fraction of sp³-hybridized carbons (Fsp3) is 0.630. The zero-order valence-corrected chi connectivity index (χ0v) is 20.5.